The van der Waals surface area contributed by atoms with Crippen LogP contribution in [0.3, 0.4) is 0 Å². The van der Waals surface area contributed by atoms with E-state index in [2.05, 4.69) is 22.1 Å². The van der Waals surface area contributed by atoms with Crippen LogP contribution in [0.2, 0.25) is 0 Å². The van der Waals surface area contributed by atoms with E-state index in [4.69, 9.17) is 0 Å². The Morgan fingerprint density at radius 2 is 1.85 bits per heavy atom. The van der Waals surface area contributed by atoms with E-state index in [-0.39, 0.29) is 5.56 Å². The Morgan fingerprint density at radius 1 is 1.05 bits per heavy atom. The molecular weight excluding hydrogens is 248 g/mol. The Kier molecular flexibility index (Phi) is 3.33. The number of hydrogen-bond acceptors (Lipinski definition) is 2. The lowest BCUT2D eigenvalue weighted by molar-refractivity contribution is 0.861. The van der Waals surface area contributed by atoms with Crippen molar-refractivity contribution in [1.29, 1.82) is 0 Å². The minimum Gasteiger partial charge on any atom is -0.310 e. The molecule has 3 nitrogen and oxygen atoms in total. The van der Waals surface area contributed by atoms with Crippen LogP contribution in [0.1, 0.15) is 17.0 Å². The molecule has 3 aromatic rings. The summed E-state index contributed by atoms with van der Waals surface area (Å²) in [5, 5.41) is 0.661. The number of aryl methyl sites for hydroxylation is 3. The summed E-state index contributed by atoms with van der Waals surface area (Å²) in [6.45, 7) is 1.97. The van der Waals surface area contributed by atoms with Crippen molar-refractivity contribution in [3.63, 3.8) is 0 Å². The molecule has 3 rings (SSSR count). The van der Waals surface area contributed by atoms with Gasteiger partial charge < -0.3 is 4.98 Å². The maximum Gasteiger partial charge on any atom is 0.258 e. The van der Waals surface area contributed by atoms with E-state index in [9.17, 15) is 4.79 Å². The largest absolute Gasteiger partial charge is 0.310 e. The van der Waals surface area contributed by atoms with E-state index in [1.807, 2.05) is 43.3 Å². The number of nitrogens with one attached hydrogen (secondary N) is 1. The Labute approximate surface area is 117 Å². The third-order valence-electron chi connectivity index (χ3n) is 3.40. The fourth-order valence-electron chi connectivity index (χ4n) is 2.33. The molecule has 1 aromatic heterocycles. The lowest BCUT2D eigenvalue weighted by Crippen LogP contribution is -2.12. The first kappa shape index (κ1) is 12.6. The summed E-state index contributed by atoms with van der Waals surface area (Å²) >= 11 is 0. The molecule has 0 saturated carbocycles. The van der Waals surface area contributed by atoms with E-state index < -0.39 is 0 Å². The van der Waals surface area contributed by atoms with Gasteiger partial charge in [0.05, 0.1) is 10.9 Å². The molecule has 0 bridgehead atoms. The first-order valence-electron chi connectivity index (χ1n) is 6.76. The summed E-state index contributed by atoms with van der Waals surface area (Å²) < 4.78 is 0. The topological polar surface area (TPSA) is 45.8 Å². The smallest absolute Gasteiger partial charge is 0.258 e. The number of aromatic amines is 1. The zero-order chi connectivity index (χ0) is 13.9. The second-order valence-electron chi connectivity index (χ2n) is 5.02. The van der Waals surface area contributed by atoms with Crippen molar-refractivity contribution in [1.82, 2.24) is 9.97 Å². The normalized spacial score (nSPS) is 10.8. The highest BCUT2D eigenvalue weighted by atomic mass is 16.1. The lowest BCUT2D eigenvalue weighted by Gasteiger charge is -2.04. The molecule has 1 heterocycles. The van der Waals surface area contributed by atoms with E-state index in [1.165, 1.54) is 5.56 Å². The molecule has 0 aliphatic rings. The highest BCUT2D eigenvalue weighted by molar-refractivity contribution is 5.78. The van der Waals surface area contributed by atoms with Gasteiger partial charge in [0.2, 0.25) is 0 Å². The molecule has 0 aliphatic carbocycles. The highest BCUT2D eigenvalue weighted by Gasteiger charge is 2.04. The van der Waals surface area contributed by atoms with Crippen LogP contribution in [0.5, 0.6) is 0 Å². The fourth-order valence-corrected chi connectivity index (χ4v) is 2.33. The Balaban J connectivity index is 1.89. The van der Waals surface area contributed by atoms with Crippen molar-refractivity contribution >= 4 is 10.9 Å². The van der Waals surface area contributed by atoms with Gasteiger partial charge in [-0.3, -0.25) is 4.79 Å². The average Bonchev–Trinajstić information content (AvgIpc) is 2.47. The molecule has 0 unspecified atom stereocenters. The molecule has 0 fully saturated rings. The SMILES string of the molecule is Cc1ccc2nc(CCc3ccccc3)[nH]c(=O)c2c1. The van der Waals surface area contributed by atoms with Crippen molar-refractivity contribution < 1.29 is 0 Å². The van der Waals surface area contributed by atoms with Crippen molar-refractivity contribution in [3.8, 4) is 0 Å². The number of fused-ring (bicyclic) bond motifs is 1. The Hall–Kier alpha value is -2.42. The van der Waals surface area contributed by atoms with Crippen LogP contribution in [-0.2, 0) is 12.8 Å². The number of hydrogen-bond donors (Lipinski definition) is 1. The maximum atomic E-state index is 12.1. The lowest BCUT2D eigenvalue weighted by atomic mass is 10.1. The second kappa shape index (κ2) is 5.29. The molecule has 0 aliphatic heterocycles. The van der Waals surface area contributed by atoms with Crippen molar-refractivity contribution in [2.24, 2.45) is 0 Å². The quantitative estimate of drug-likeness (QED) is 0.790. The molecular formula is C17H16N2O. The van der Waals surface area contributed by atoms with Gasteiger partial charge in [-0.15, -0.1) is 0 Å². The second-order valence-corrected chi connectivity index (χ2v) is 5.02. The van der Waals surface area contributed by atoms with Gasteiger partial charge in [-0.1, -0.05) is 42.0 Å². The molecule has 0 amide bonds. The molecule has 100 valence electrons. The van der Waals surface area contributed by atoms with Crippen LogP contribution in [0.25, 0.3) is 10.9 Å². The van der Waals surface area contributed by atoms with E-state index >= 15 is 0 Å². The third-order valence-corrected chi connectivity index (χ3v) is 3.40. The van der Waals surface area contributed by atoms with Gasteiger partial charge in [0, 0.05) is 6.42 Å². The summed E-state index contributed by atoms with van der Waals surface area (Å²) in [6.07, 6.45) is 1.62. The summed E-state index contributed by atoms with van der Waals surface area (Å²) in [6, 6.07) is 16.0. The number of nitrogens with zero attached hydrogens (tertiary/aromatic N) is 1. The summed E-state index contributed by atoms with van der Waals surface area (Å²) in [5.74, 6) is 0.746. The van der Waals surface area contributed by atoms with Crippen molar-refractivity contribution in [2.75, 3.05) is 0 Å². The van der Waals surface area contributed by atoms with Gasteiger partial charge in [0.15, 0.2) is 0 Å². The zero-order valence-corrected chi connectivity index (χ0v) is 11.4. The molecule has 20 heavy (non-hydrogen) atoms. The standard InChI is InChI=1S/C17H16N2O/c1-12-7-9-15-14(11-12)17(20)19-16(18-15)10-8-13-5-3-2-4-6-13/h2-7,9,11H,8,10H2,1H3,(H,18,19,20). The fraction of sp³-hybridized carbons (Fsp3) is 0.176. The predicted molar refractivity (Wildman–Crippen MR) is 81.0 cm³/mol. The number of H-pyrrole nitrogens is 1. The third kappa shape index (κ3) is 2.62. The zero-order valence-electron chi connectivity index (χ0n) is 11.4. The number of aromatic nitrogens is 2. The minimum atomic E-state index is -0.0539. The maximum absolute atomic E-state index is 12.1. The summed E-state index contributed by atoms with van der Waals surface area (Å²) in [7, 11) is 0. The van der Waals surface area contributed by atoms with Gasteiger partial charge in [-0.05, 0) is 31.0 Å². The number of benzene rings is 2. The van der Waals surface area contributed by atoms with Crippen molar-refractivity contribution in [3.05, 3.63) is 75.8 Å². The first-order valence-corrected chi connectivity index (χ1v) is 6.76. The monoisotopic (exact) mass is 264 g/mol. The Morgan fingerprint density at radius 3 is 2.65 bits per heavy atom. The van der Waals surface area contributed by atoms with Gasteiger partial charge in [0.25, 0.3) is 5.56 Å². The van der Waals surface area contributed by atoms with Crippen LogP contribution in [0.15, 0.2) is 53.3 Å². The van der Waals surface area contributed by atoms with E-state index in [0.29, 0.717) is 5.39 Å². The van der Waals surface area contributed by atoms with Gasteiger partial charge >= 0.3 is 0 Å². The van der Waals surface area contributed by atoms with Gasteiger partial charge in [-0.25, -0.2) is 4.98 Å². The molecule has 0 spiro atoms. The van der Waals surface area contributed by atoms with Crippen LogP contribution in [0.4, 0.5) is 0 Å². The summed E-state index contributed by atoms with van der Waals surface area (Å²) in [5.41, 5.74) is 3.03. The molecule has 2 aromatic carbocycles. The van der Waals surface area contributed by atoms with Gasteiger partial charge in [0.1, 0.15) is 5.82 Å². The molecule has 0 saturated heterocycles. The first-order chi connectivity index (χ1) is 9.72. The van der Waals surface area contributed by atoms with Crippen LogP contribution in [0, 0.1) is 6.92 Å². The Bertz CT molecular complexity index is 791. The average molecular weight is 264 g/mol. The highest BCUT2D eigenvalue weighted by Crippen LogP contribution is 2.10. The summed E-state index contributed by atoms with van der Waals surface area (Å²) in [4.78, 5) is 19.5. The van der Waals surface area contributed by atoms with Crippen LogP contribution >= 0.6 is 0 Å². The van der Waals surface area contributed by atoms with E-state index in [0.717, 1.165) is 29.7 Å². The predicted octanol–water partition coefficient (Wildman–Crippen LogP) is 3.02. The molecule has 1 N–H and O–H groups in total. The van der Waals surface area contributed by atoms with Crippen LogP contribution < -0.4 is 5.56 Å². The van der Waals surface area contributed by atoms with E-state index in [1.54, 1.807) is 0 Å². The van der Waals surface area contributed by atoms with Gasteiger partial charge in [-0.2, -0.15) is 0 Å². The minimum absolute atomic E-state index is 0.0539. The number of rotatable bonds is 3. The van der Waals surface area contributed by atoms with Crippen LogP contribution in [-0.4, -0.2) is 9.97 Å². The van der Waals surface area contributed by atoms with Crippen molar-refractivity contribution in [2.45, 2.75) is 19.8 Å². The molecule has 0 radical (unpaired) electrons. The molecule has 0 atom stereocenters. The molecule has 3 heteroatoms.